The van der Waals surface area contributed by atoms with E-state index in [4.69, 9.17) is 4.98 Å². The lowest BCUT2D eigenvalue weighted by Crippen LogP contribution is -2.26. The number of aryl methyl sites for hydroxylation is 2. The molecule has 0 amide bonds. The molecule has 0 aliphatic rings. The van der Waals surface area contributed by atoms with Crippen LogP contribution in [-0.4, -0.2) is 14.1 Å². The molecule has 0 aliphatic heterocycles. The van der Waals surface area contributed by atoms with Gasteiger partial charge in [0, 0.05) is 24.7 Å². The molecule has 0 fully saturated rings. The summed E-state index contributed by atoms with van der Waals surface area (Å²) < 4.78 is 4.01. The van der Waals surface area contributed by atoms with Crippen molar-refractivity contribution in [2.75, 3.05) is 0 Å². The molecule has 5 nitrogen and oxygen atoms in total. The number of unbranched alkanes of at least 4 members (excludes halogenated alkanes) is 1. The van der Waals surface area contributed by atoms with Crippen molar-refractivity contribution < 1.29 is 0 Å². The summed E-state index contributed by atoms with van der Waals surface area (Å²) in [6.07, 6.45) is 4.89. The van der Waals surface area contributed by atoms with Crippen LogP contribution in [0.5, 0.6) is 0 Å². The number of nitrogens with zero attached hydrogens (tertiary/aromatic N) is 4. The van der Waals surface area contributed by atoms with E-state index < -0.39 is 0 Å². The minimum absolute atomic E-state index is 0.0237. The van der Waals surface area contributed by atoms with Crippen molar-refractivity contribution in [1.82, 2.24) is 14.1 Å². The standard InChI is InChI=1S/C30H28N4O/c1-3-4-9-29-32-27-12-10-21(2)16-26(27)30(35)34(29)19-22-11-13-28-23(17-22)14-15-33(28)20-25-8-6-5-7-24(25)18-31/h5-8,10-17H,3-4,9,19-20H2,1-2H3. The highest BCUT2D eigenvalue weighted by atomic mass is 16.1. The Morgan fingerprint density at radius 1 is 1.00 bits per heavy atom. The Kier molecular flexibility index (Phi) is 6.20. The number of nitriles is 1. The first-order chi connectivity index (χ1) is 17.1. The molecule has 0 atom stereocenters. The molecule has 5 rings (SSSR count). The maximum Gasteiger partial charge on any atom is 0.261 e. The van der Waals surface area contributed by atoms with Gasteiger partial charge in [0.05, 0.1) is 29.1 Å². The fourth-order valence-corrected chi connectivity index (χ4v) is 4.69. The highest BCUT2D eigenvalue weighted by Gasteiger charge is 2.13. The molecule has 0 saturated carbocycles. The molecule has 0 aliphatic carbocycles. The number of fused-ring (bicyclic) bond motifs is 2. The summed E-state index contributed by atoms with van der Waals surface area (Å²) in [6.45, 7) is 5.29. The van der Waals surface area contributed by atoms with Crippen LogP contribution < -0.4 is 5.56 Å². The second-order valence-corrected chi connectivity index (χ2v) is 9.15. The summed E-state index contributed by atoms with van der Waals surface area (Å²) in [4.78, 5) is 18.4. The van der Waals surface area contributed by atoms with Crippen LogP contribution in [0.1, 0.15) is 47.8 Å². The SMILES string of the molecule is CCCCc1nc2ccc(C)cc2c(=O)n1Cc1ccc2c(ccn2Cc2ccccc2C#N)c1. The van der Waals surface area contributed by atoms with Crippen LogP contribution in [0.4, 0.5) is 0 Å². The average molecular weight is 461 g/mol. The molecule has 0 unspecified atom stereocenters. The third-order valence-corrected chi connectivity index (χ3v) is 6.60. The summed E-state index contributed by atoms with van der Waals surface area (Å²) in [6, 6.07) is 24.3. The zero-order valence-electron chi connectivity index (χ0n) is 20.2. The first-order valence-corrected chi connectivity index (χ1v) is 12.1. The van der Waals surface area contributed by atoms with Crippen LogP contribution in [0.3, 0.4) is 0 Å². The van der Waals surface area contributed by atoms with Crippen molar-refractivity contribution in [2.45, 2.75) is 46.2 Å². The molecule has 174 valence electrons. The Morgan fingerprint density at radius 2 is 1.86 bits per heavy atom. The van der Waals surface area contributed by atoms with E-state index in [0.29, 0.717) is 24.0 Å². The molecule has 0 bridgehead atoms. The van der Waals surface area contributed by atoms with Gasteiger partial charge in [-0.15, -0.1) is 0 Å². The highest BCUT2D eigenvalue weighted by molar-refractivity contribution is 5.81. The second kappa shape index (κ2) is 9.60. The molecule has 35 heavy (non-hydrogen) atoms. The van der Waals surface area contributed by atoms with E-state index in [1.165, 1.54) is 0 Å². The minimum atomic E-state index is 0.0237. The van der Waals surface area contributed by atoms with E-state index in [2.05, 4.69) is 48.0 Å². The van der Waals surface area contributed by atoms with E-state index in [1.54, 1.807) is 0 Å². The predicted octanol–water partition coefficient (Wildman–Crippen LogP) is 5.97. The van der Waals surface area contributed by atoms with Gasteiger partial charge in [-0.1, -0.05) is 49.2 Å². The number of hydrogen-bond acceptors (Lipinski definition) is 3. The molecular formula is C30H28N4O. The maximum atomic E-state index is 13.5. The van der Waals surface area contributed by atoms with Crippen LogP contribution in [0.15, 0.2) is 77.7 Å². The first kappa shape index (κ1) is 22.6. The van der Waals surface area contributed by atoms with Gasteiger partial charge in [0.15, 0.2) is 0 Å². The fraction of sp³-hybridized carbons (Fsp3) is 0.233. The van der Waals surface area contributed by atoms with Gasteiger partial charge < -0.3 is 4.57 Å². The topological polar surface area (TPSA) is 63.6 Å². The molecular weight excluding hydrogens is 432 g/mol. The van der Waals surface area contributed by atoms with Gasteiger partial charge in [-0.05, 0) is 66.3 Å². The van der Waals surface area contributed by atoms with E-state index >= 15 is 0 Å². The Bertz CT molecular complexity index is 1630. The number of aromatic nitrogens is 3. The van der Waals surface area contributed by atoms with E-state index in [0.717, 1.165) is 58.2 Å². The van der Waals surface area contributed by atoms with Crippen LogP contribution in [0, 0.1) is 18.3 Å². The van der Waals surface area contributed by atoms with E-state index in [1.807, 2.05) is 54.0 Å². The molecule has 0 spiro atoms. The van der Waals surface area contributed by atoms with Gasteiger partial charge in [0.1, 0.15) is 5.82 Å². The van der Waals surface area contributed by atoms with E-state index in [9.17, 15) is 10.1 Å². The van der Waals surface area contributed by atoms with Crippen molar-refractivity contribution in [3.05, 3.63) is 111 Å². The second-order valence-electron chi connectivity index (χ2n) is 9.15. The van der Waals surface area contributed by atoms with Crippen molar-refractivity contribution in [2.24, 2.45) is 0 Å². The van der Waals surface area contributed by atoms with Gasteiger partial charge in [0.2, 0.25) is 0 Å². The van der Waals surface area contributed by atoms with Gasteiger partial charge in [0.25, 0.3) is 5.56 Å². The normalized spacial score (nSPS) is 11.2. The molecule has 0 N–H and O–H groups in total. The highest BCUT2D eigenvalue weighted by Crippen LogP contribution is 2.21. The molecule has 5 aromatic rings. The summed E-state index contributed by atoms with van der Waals surface area (Å²) in [7, 11) is 0. The fourth-order valence-electron chi connectivity index (χ4n) is 4.69. The average Bonchev–Trinajstić information content (AvgIpc) is 3.27. The van der Waals surface area contributed by atoms with Gasteiger partial charge in [-0.25, -0.2) is 4.98 Å². The lowest BCUT2D eigenvalue weighted by atomic mass is 10.1. The van der Waals surface area contributed by atoms with Crippen LogP contribution in [0.25, 0.3) is 21.8 Å². The van der Waals surface area contributed by atoms with Crippen molar-refractivity contribution in [3.8, 4) is 6.07 Å². The first-order valence-electron chi connectivity index (χ1n) is 12.1. The lowest BCUT2D eigenvalue weighted by Gasteiger charge is -2.14. The number of hydrogen-bond donors (Lipinski definition) is 0. The molecule has 2 heterocycles. The Labute approximate surface area is 204 Å². The van der Waals surface area contributed by atoms with Crippen molar-refractivity contribution in [3.63, 3.8) is 0 Å². The van der Waals surface area contributed by atoms with Crippen LogP contribution >= 0.6 is 0 Å². The quantitative estimate of drug-likeness (QED) is 0.301. The van der Waals surface area contributed by atoms with Gasteiger partial charge >= 0.3 is 0 Å². The lowest BCUT2D eigenvalue weighted by molar-refractivity contribution is 0.646. The summed E-state index contributed by atoms with van der Waals surface area (Å²) >= 11 is 0. The van der Waals surface area contributed by atoms with Gasteiger partial charge in [-0.3, -0.25) is 9.36 Å². The summed E-state index contributed by atoms with van der Waals surface area (Å²) in [5.41, 5.74) is 5.73. The summed E-state index contributed by atoms with van der Waals surface area (Å²) in [5.74, 6) is 0.846. The van der Waals surface area contributed by atoms with Gasteiger partial charge in [-0.2, -0.15) is 5.26 Å². The molecule has 3 aromatic carbocycles. The zero-order valence-corrected chi connectivity index (χ0v) is 20.2. The van der Waals surface area contributed by atoms with Crippen molar-refractivity contribution in [1.29, 1.82) is 5.26 Å². The molecule has 0 saturated heterocycles. The summed E-state index contributed by atoms with van der Waals surface area (Å²) in [5, 5.41) is 11.2. The van der Waals surface area contributed by atoms with Crippen molar-refractivity contribution >= 4 is 21.8 Å². The largest absolute Gasteiger partial charge is 0.343 e. The number of rotatable bonds is 7. The Hall–Kier alpha value is -4.17. The third-order valence-electron chi connectivity index (χ3n) is 6.60. The molecule has 2 aromatic heterocycles. The monoisotopic (exact) mass is 460 g/mol. The third kappa shape index (κ3) is 4.48. The van der Waals surface area contributed by atoms with Crippen LogP contribution in [-0.2, 0) is 19.5 Å². The van der Waals surface area contributed by atoms with Crippen LogP contribution in [0.2, 0.25) is 0 Å². The Morgan fingerprint density at radius 3 is 2.69 bits per heavy atom. The molecule has 0 radical (unpaired) electrons. The number of benzene rings is 3. The smallest absolute Gasteiger partial charge is 0.261 e. The Balaban J connectivity index is 1.51. The molecule has 5 heteroatoms. The minimum Gasteiger partial charge on any atom is -0.343 e. The van der Waals surface area contributed by atoms with E-state index in [-0.39, 0.29) is 5.56 Å². The predicted molar refractivity (Wildman–Crippen MR) is 141 cm³/mol. The zero-order chi connectivity index (χ0) is 24.4. The maximum absolute atomic E-state index is 13.5.